The van der Waals surface area contributed by atoms with Crippen LogP contribution in [0.3, 0.4) is 0 Å². The Balaban J connectivity index is 1.79. The van der Waals surface area contributed by atoms with Crippen LogP contribution in [0.1, 0.15) is 24.8 Å². The van der Waals surface area contributed by atoms with Gasteiger partial charge >= 0.3 is 0 Å². The number of rotatable bonds is 3. The number of hydrogen-bond donors (Lipinski definition) is 1. The van der Waals surface area contributed by atoms with Crippen LogP contribution in [0.15, 0.2) is 29.3 Å². The fourth-order valence-corrected chi connectivity index (χ4v) is 2.91. The zero-order valence-electron chi connectivity index (χ0n) is 11.2. The third kappa shape index (κ3) is 2.45. The number of aliphatic imine (C=N–C) groups is 1. The highest BCUT2D eigenvalue weighted by atomic mass is 16.5. The minimum atomic E-state index is 0.240. The van der Waals surface area contributed by atoms with Crippen LogP contribution in [0.25, 0.3) is 0 Å². The van der Waals surface area contributed by atoms with Crippen LogP contribution >= 0.6 is 0 Å². The third-order valence-corrected chi connectivity index (χ3v) is 4.06. The van der Waals surface area contributed by atoms with E-state index in [0.717, 1.165) is 43.0 Å². The summed E-state index contributed by atoms with van der Waals surface area (Å²) in [6.07, 6.45) is 3.50. The highest BCUT2D eigenvalue weighted by molar-refractivity contribution is 5.95. The molecule has 1 fully saturated rings. The molecule has 3 atom stereocenters. The summed E-state index contributed by atoms with van der Waals surface area (Å²) < 4.78 is 11.2. The molecule has 0 saturated heterocycles. The van der Waals surface area contributed by atoms with E-state index in [1.54, 1.807) is 7.11 Å². The molecule has 3 rings (SSSR count). The topological polar surface area (TPSA) is 56.8 Å². The van der Waals surface area contributed by atoms with Crippen molar-refractivity contribution < 1.29 is 9.47 Å². The van der Waals surface area contributed by atoms with E-state index in [1.807, 2.05) is 24.3 Å². The van der Waals surface area contributed by atoms with Crippen molar-refractivity contribution >= 4 is 5.90 Å². The predicted octanol–water partition coefficient (Wildman–Crippen LogP) is 1.97. The van der Waals surface area contributed by atoms with Gasteiger partial charge in [0.05, 0.1) is 13.2 Å². The molecular weight excluding hydrogens is 240 g/mol. The van der Waals surface area contributed by atoms with Gasteiger partial charge in [0, 0.05) is 5.56 Å². The van der Waals surface area contributed by atoms with E-state index >= 15 is 0 Å². The van der Waals surface area contributed by atoms with Crippen molar-refractivity contribution in [1.82, 2.24) is 0 Å². The van der Waals surface area contributed by atoms with Crippen LogP contribution in [0.4, 0.5) is 0 Å². The van der Waals surface area contributed by atoms with E-state index in [9.17, 15) is 0 Å². The van der Waals surface area contributed by atoms with Crippen molar-refractivity contribution in [3.05, 3.63) is 29.8 Å². The SMILES string of the molecule is COc1cccc(C2=NC3CC(CN)CCC3O2)c1. The number of hydrogen-bond acceptors (Lipinski definition) is 4. The second-order valence-corrected chi connectivity index (χ2v) is 5.30. The van der Waals surface area contributed by atoms with Gasteiger partial charge in [0.1, 0.15) is 11.9 Å². The van der Waals surface area contributed by atoms with E-state index in [4.69, 9.17) is 20.2 Å². The van der Waals surface area contributed by atoms with E-state index in [0.29, 0.717) is 5.92 Å². The van der Waals surface area contributed by atoms with Crippen molar-refractivity contribution in [2.45, 2.75) is 31.4 Å². The van der Waals surface area contributed by atoms with Crippen molar-refractivity contribution in [3.63, 3.8) is 0 Å². The van der Waals surface area contributed by atoms with Gasteiger partial charge in [-0.3, -0.25) is 0 Å². The zero-order valence-corrected chi connectivity index (χ0v) is 11.2. The maximum Gasteiger partial charge on any atom is 0.216 e. The van der Waals surface area contributed by atoms with E-state index in [2.05, 4.69) is 0 Å². The third-order valence-electron chi connectivity index (χ3n) is 4.06. The Morgan fingerprint density at radius 2 is 2.32 bits per heavy atom. The summed E-state index contributed by atoms with van der Waals surface area (Å²) in [6, 6.07) is 8.15. The minimum Gasteiger partial charge on any atom is -0.497 e. The van der Waals surface area contributed by atoms with Crippen molar-refractivity contribution in [3.8, 4) is 5.75 Å². The van der Waals surface area contributed by atoms with E-state index < -0.39 is 0 Å². The van der Waals surface area contributed by atoms with Gasteiger partial charge < -0.3 is 15.2 Å². The maximum absolute atomic E-state index is 6.00. The Labute approximate surface area is 113 Å². The number of methoxy groups -OCH3 is 1. The Morgan fingerprint density at radius 1 is 1.42 bits per heavy atom. The molecule has 0 spiro atoms. The van der Waals surface area contributed by atoms with Gasteiger partial charge in [0.2, 0.25) is 5.90 Å². The number of nitrogens with two attached hydrogens (primary N) is 1. The van der Waals surface area contributed by atoms with Crippen LogP contribution < -0.4 is 10.5 Å². The summed E-state index contributed by atoms with van der Waals surface area (Å²) in [5, 5.41) is 0. The van der Waals surface area contributed by atoms with Crippen molar-refractivity contribution in [1.29, 1.82) is 0 Å². The maximum atomic E-state index is 6.00. The van der Waals surface area contributed by atoms with Gasteiger partial charge in [-0.1, -0.05) is 6.07 Å². The first-order valence-corrected chi connectivity index (χ1v) is 6.89. The molecule has 4 heteroatoms. The predicted molar refractivity (Wildman–Crippen MR) is 74.6 cm³/mol. The smallest absolute Gasteiger partial charge is 0.216 e. The average molecular weight is 260 g/mol. The first-order chi connectivity index (χ1) is 9.30. The molecule has 1 aromatic rings. The Kier molecular flexibility index (Phi) is 3.42. The molecule has 19 heavy (non-hydrogen) atoms. The van der Waals surface area contributed by atoms with Crippen LogP contribution in [0.5, 0.6) is 5.75 Å². The van der Waals surface area contributed by atoms with Crippen LogP contribution in [-0.4, -0.2) is 31.7 Å². The standard InChI is InChI=1S/C15H20N2O2/c1-18-12-4-2-3-11(8-12)15-17-13-7-10(9-16)5-6-14(13)19-15/h2-4,8,10,13-14H,5-7,9,16H2,1H3. The van der Waals surface area contributed by atoms with Gasteiger partial charge in [0.15, 0.2) is 0 Å². The molecule has 0 bridgehead atoms. The van der Waals surface area contributed by atoms with Gasteiger partial charge in [-0.15, -0.1) is 0 Å². The first kappa shape index (κ1) is 12.5. The molecule has 1 saturated carbocycles. The Morgan fingerprint density at radius 3 is 3.11 bits per heavy atom. The van der Waals surface area contributed by atoms with Crippen LogP contribution in [-0.2, 0) is 4.74 Å². The molecule has 2 aliphatic rings. The highest BCUT2D eigenvalue weighted by Gasteiger charge is 2.36. The van der Waals surface area contributed by atoms with Crippen molar-refractivity contribution in [2.24, 2.45) is 16.6 Å². The quantitative estimate of drug-likeness (QED) is 0.904. The molecule has 0 aromatic heterocycles. The highest BCUT2D eigenvalue weighted by Crippen LogP contribution is 2.33. The molecule has 0 amide bonds. The molecule has 1 aliphatic carbocycles. The normalized spacial score (nSPS) is 29.4. The van der Waals surface area contributed by atoms with Gasteiger partial charge in [-0.25, -0.2) is 4.99 Å². The monoisotopic (exact) mass is 260 g/mol. The number of fused-ring (bicyclic) bond motifs is 1. The largest absolute Gasteiger partial charge is 0.497 e. The molecule has 1 aromatic carbocycles. The number of nitrogens with zero attached hydrogens (tertiary/aromatic N) is 1. The Hall–Kier alpha value is -1.55. The van der Waals surface area contributed by atoms with Crippen LogP contribution in [0.2, 0.25) is 0 Å². The average Bonchev–Trinajstić information content (AvgIpc) is 2.90. The fraction of sp³-hybridized carbons (Fsp3) is 0.533. The molecule has 1 heterocycles. The lowest BCUT2D eigenvalue weighted by Gasteiger charge is -2.28. The second kappa shape index (κ2) is 5.21. The van der Waals surface area contributed by atoms with Gasteiger partial charge in [-0.05, 0) is 49.9 Å². The van der Waals surface area contributed by atoms with Gasteiger partial charge in [-0.2, -0.15) is 0 Å². The zero-order chi connectivity index (χ0) is 13.2. The molecule has 0 radical (unpaired) electrons. The van der Waals surface area contributed by atoms with E-state index in [1.165, 1.54) is 0 Å². The Bertz CT molecular complexity index is 487. The first-order valence-electron chi connectivity index (χ1n) is 6.89. The fourth-order valence-electron chi connectivity index (χ4n) is 2.91. The van der Waals surface area contributed by atoms with E-state index in [-0.39, 0.29) is 12.1 Å². The number of benzene rings is 1. The lowest BCUT2D eigenvalue weighted by molar-refractivity contribution is 0.130. The molecule has 3 unspecified atom stereocenters. The van der Waals surface area contributed by atoms with Crippen molar-refractivity contribution in [2.75, 3.05) is 13.7 Å². The summed E-state index contributed by atoms with van der Waals surface area (Å²) in [7, 11) is 1.67. The lowest BCUT2D eigenvalue weighted by Crippen LogP contribution is -2.33. The summed E-state index contributed by atoms with van der Waals surface area (Å²) >= 11 is 0. The summed E-state index contributed by atoms with van der Waals surface area (Å²) in [4.78, 5) is 4.74. The summed E-state index contributed by atoms with van der Waals surface area (Å²) in [5.74, 6) is 2.18. The summed E-state index contributed by atoms with van der Waals surface area (Å²) in [6.45, 7) is 0.757. The molecule has 102 valence electrons. The van der Waals surface area contributed by atoms with Gasteiger partial charge in [0.25, 0.3) is 0 Å². The van der Waals surface area contributed by atoms with Crippen LogP contribution in [0, 0.1) is 5.92 Å². The molecule has 4 nitrogen and oxygen atoms in total. The second-order valence-electron chi connectivity index (χ2n) is 5.30. The lowest BCUT2D eigenvalue weighted by atomic mass is 9.84. The molecular formula is C15H20N2O2. The molecule has 1 aliphatic heterocycles. The minimum absolute atomic E-state index is 0.240. The number of ether oxygens (including phenoxy) is 2. The summed E-state index contributed by atoms with van der Waals surface area (Å²) in [5.41, 5.74) is 6.76. The molecule has 2 N–H and O–H groups in total.